The fraction of sp³-hybridized carbons (Fsp3) is 0.263. The molecule has 0 spiro atoms. The number of benzene rings is 2. The third kappa shape index (κ3) is 3.66. The summed E-state index contributed by atoms with van der Waals surface area (Å²) in [5.74, 6) is 0.622. The molecule has 1 atom stereocenters. The SMILES string of the molecule is N#Cc1ccc(Oc2ccc(N3CCCC3CC(=O)O)cc2)cc1. The van der Waals surface area contributed by atoms with Crippen molar-refractivity contribution in [3.8, 4) is 17.6 Å². The monoisotopic (exact) mass is 322 g/mol. The second-order valence-corrected chi connectivity index (χ2v) is 5.82. The van der Waals surface area contributed by atoms with E-state index in [-0.39, 0.29) is 12.5 Å². The van der Waals surface area contributed by atoms with Crippen LogP contribution in [0.4, 0.5) is 5.69 Å². The van der Waals surface area contributed by atoms with E-state index < -0.39 is 5.97 Å². The summed E-state index contributed by atoms with van der Waals surface area (Å²) in [6.07, 6.45) is 2.10. The van der Waals surface area contributed by atoms with Crippen LogP contribution in [0.3, 0.4) is 0 Å². The van der Waals surface area contributed by atoms with Crippen molar-refractivity contribution >= 4 is 11.7 Å². The number of carbonyl (C=O) groups is 1. The van der Waals surface area contributed by atoms with E-state index in [4.69, 9.17) is 15.1 Å². The van der Waals surface area contributed by atoms with E-state index in [1.54, 1.807) is 24.3 Å². The van der Waals surface area contributed by atoms with Gasteiger partial charge < -0.3 is 14.7 Å². The van der Waals surface area contributed by atoms with Gasteiger partial charge in [-0.1, -0.05) is 0 Å². The van der Waals surface area contributed by atoms with Crippen molar-refractivity contribution in [2.45, 2.75) is 25.3 Å². The number of hydrogen-bond acceptors (Lipinski definition) is 4. The second kappa shape index (κ2) is 7.05. The summed E-state index contributed by atoms with van der Waals surface area (Å²) in [7, 11) is 0. The van der Waals surface area contributed by atoms with Gasteiger partial charge in [0.25, 0.3) is 0 Å². The number of nitrogens with zero attached hydrogens (tertiary/aromatic N) is 2. The summed E-state index contributed by atoms with van der Waals surface area (Å²) >= 11 is 0. The Balaban J connectivity index is 1.68. The highest BCUT2D eigenvalue weighted by atomic mass is 16.5. The Hall–Kier alpha value is -3.00. The van der Waals surface area contributed by atoms with Crippen LogP contribution in [0.15, 0.2) is 48.5 Å². The molecule has 1 saturated heterocycles. The smallest absolute Gasteiger partial charge is 0.305 e. The lowest BCUT2D eigenvalue weighted by molar-refractivity contribution is -0.137. The average Bonchev–Trinajstić information content (AvgIpc) is 3.03. The van der Waals surface area contributed by atoms with E-state index in [0.717, 1.165) is 25.1 Å². The molecule has 2 aromatic rings. The summed E-state index contributed by atoms with van der Waals surface area (Å²) in [6, 6.07) is 16.8. The maximum Gasteiger partial charge on any atom is 0.305 e. The lowest BCUT2D eigenvalue weighted by Crippen LogP contribution is -2.31. The summed E-state index contributed by atoms with van der Waals surface area (Å²) in [5, 5.41) is 17.8. The molecule has 122 valence electrons. The number of nitriles is 1. The zero-order valence-corrected chi connectivity index (χ0v) is 13.2. The molecular formula is C19H18N2O3. The number of carboxylic acid groups (broad SMARTS) is 1. The van der Waals surface area contributed by atoms with Gasteiger partial charge in [0.05, 0.1) is 18.1 Å². The molecule has 2 aromatic carbocycles. The van der Waals surface area contributed by atoms with Crippen LogP contribution in [0.2, 0.25) is 0 Å². The largest absolute Gasteiger partial charge is 0.481 e. The van der Waals surface area contributed by atoms with Crippen LogP contribution in [-0.2, 0) is 4.79 Å². The molecule has 5 nitrogen and oxygen atoms in total. The molecule has 5 heteroatoms. The first-order valence-corrected chi connectivity index (χ1v) is 7.92. The van der Waals surface area contributed by atoms with E-state index in [9.17, 15) is 4.79 Å². The van der Waals surface area contributed by atoms with E-state index >= 15 is 0 Å². The summed E-state index contributed by atoms with van der Waals surface area (Å²) in [5.41, 5.74) is 1.61. The predicted octanol–water partition coefficient (Wildman–Crippen LogP) is 3.79. The van der Waals surface area contributed by atoms with Crippen molar-refractivity contribution in [2.24, 2.45) is 0 Å². The Labute approximate surface area is 140 Å². The molecular weight excluding hydrogens is 304 g/mol. The summed E-state index contributed by atoms with van der Waals surface area (Å²) in [6.45, 7) is 0.883. The number of aliphatic carboxylic acids is 1. The number of anilines is 1. The Morgan fingerprint density at radius 1 is 1.17 bits per heavy atom. The molecule has 0 amide bonds. The Morgan fingerprint density at radius 3 is 2.38 bits per heavy atom. The van der Waals surface area contributed by atoms with Crippen molar-refractivity contribution in [1.29, 1.82) is 5.26 Å². The van der Waals surface area contributed by atoms with Crippen LogP contribution in [-0.4, -0.2) is 23.7 Å². The average molecular weight is 322 g/mol. The zero-order chi connectivity index (χ0) is 16.9. The molecule has 1 heterocycles. The molecule has 1 fully saturated rings. The van der Waals surface area contributed by atoms with Gasteiger partial charge in [0.15, 0.2) is 0 Å². The minimum atomic E-state index is -0.757. The van der Waals surface area contributed by atoms with E-state index in [0.29, 0.717) is 17.1 Å². The van der Waals surface area contributed by atoms with Gasteiger partial charge in [-0.25, -0.2) is 0 Å². The minimum absolute atomic E-state index is 0.0628. The molecule has 1 unspecified atom stereocenters. The highest BCUT2D eigenvalue weighted by molar-refractivity contribution is 5.69. The zero-order valence-electron chi connectivity index (χ0n) is 13.2. The van der Waals surface area contributed by atoms with E-state index in [1.165, 1.54) is 0 Å². The van der Waals surface area contributed by atoms with Crippen molar-refractivity contribution in [2.75, 3.05) is 11.4 Å². The molecule has 0 aromatic heterocycles. The second-order valence-electron chi connectivity index (χ2n) is 5.82. The normalized spacial score (nSPS) is 16.6. The first kappa shape index (κ1) is 15.9. The van der Waals surface area contributed by atoms with Gasteiger partial charge in [0, 0.05) is 18.3 Å². The third-order valence-corrected chi connectivity index (χ3v) is 4.17. The third-order valence-electron chi connectivity index (χ3n) is 4.17. The number of carboxylic acids is 1. The lowest BCUT2D eigenvalue weighted by atomic mass is 10.1. The fourth-order valence-corrected chi connectivity index (χ4v) is 3.03. The minimum Gasteiger partial charge on any atom is -0.481 e. The highest BCUT2D eigenvalue weighted by Crippen LogP contribution is 2.30. The highest BCUT2D eigenvalue weighted by Gasteiger charge is 2.26. The van der Waals surface area contributed by atoms with Crippen molar-refractivity contribution in [1.82, 2.24) is 0 Å². The van der Waals surface area contributed by atoms with Crippen molar-refractivity contribution < 1.29 is 14.6 Å². The van der Waals surface area contributed by atoms with Crippen LogP contribution in [0, 0.1) is 11.3 Å². The molecule has 0 saturated carbocycles. The standard InChI is InChI=1S/C19H18N2O3/c20-13-14-3-7-17(8-4-14)24-18-9-5-15(6-10-18)21-11-1-2-16(21)12-19(22)23/h3-10,16H,1-2,11-12H2,(H,22,23). The number of hydrogen-bond donors (Lipinski definition) is 1. The van der Waals surface area contributed by atoms with Gasteiger partial charge in [-0.05, 0) is 61.4 Å². The molecule has 0 aliphatic carbocycles. The van der Waals surface area contributed by atoms with Crippen molar-refractivity contribution in [3.63, 3.8) is 0 Å². The van der Waals surface area contributed by atoms with Crippen LogP contribution >= 0.6 is 0 Å². The number of rotatable bonds is 5. The predicted molar refractivity (Wildman–Crippen MR) is 90.3 cm³/mol. The van der Waals surface area contributed by atoms with Gasteiger partial charge in [-0.3, -0.25) is 4.79 Å². The van der Waals surface area contributed by atoms with Gasteiger partial charge >= 0.3 is 5.97 Å². The first-order valence-electron chi connectivity index (χ1n) is 7.92. The summed E-state index contributed by atoms with van der Waals surface area (Å²) < 4.78 is 5.76. The maximum atomic E-state index is 11.0. The van der Waals surface area contributed by atoms with Gasteiger partial charge in [-0.2, -0.15) is 5.26 Å². The van der Waals surface area contributed by atoms with E-state index in [1.807, 2.05) is 24.3 Å². The fourth-order valence-electron chi connectivity index (χ4n) is 3.03. The Morgan fingerprint density at radius 2 is 1.79 bits per heavy atom. The molecule has 3 rings (SSSR count). The van der Waals surface area contributed by atoms with Gasteiger partial charge in [0.2, 0.25) is 0 Å². The van der Waals surface area contributed by atoms with Crippen LogP contribution < -0.4 is 9.64 Å². The summed E-state index contributed by atoms with van der Waals surface area (Å²) in [4.78, 5) is 13.1. The first-order chi connectivity index (χ1) is 11.7. The molecule has 0 radical (unpaired) electrons. The Kier molecular flexibility index (Phi) is 4.66. The van der Waals surface area contributed by atoms with Crippen LogP contribution in [0.25, 0.3) is 0 Å². The molecule has 0 bridgehead atoms. The molecule has 24 heavy (non-hydrogen) atoms. The molecule has 1 aliphatic rings. The van der Waals surface area contributed by atoms with Crippen LogP contribution in [0.1, 0.15) is 24.8 Å². The quantitative estimate of drug-likeness (QED) is 0.906. The lowest BCUT2D eigenvalue weighted by Gasteiger charge is -2.25. The van der Waals surface area contributed by atoms with Gasteiger partial charge in [0.1, 0.15) is 11.5 Å². The van der Waals surface area contributed by atoms with Crippen molar-refractivity contribution in [3.05, 3.63) is 54.1 Å². The maximum absolute atomic E-state index is 11.0. The molecule has 1 N–H and O–H groups in total. The van der Waals surface area contributed by atoms with Crippen LogP contribution in [0.5, 0.6) is 11.5 Å². The Bertz CT molecular complexity index is 748. The molecule has 1 aliphatic heterocycles. The van der Waals surface area contributed by atoms with Gasteiger partial charge in [-0.15, -0.1) is 0 Å². The number of ether oxygens (including phenoxy) is 1. The topological polar surface area (TPSA) is 73.6 Å². The van der Waals surface area contributed by atoms with E-state index in [2.05, 4.69) is 11.0 Å².